The SMILES string of the molecule is Cl.Cl.NCC1(C(=O)Nc2ccc(-n3cnc4ccccc43)nc2)CCOCC1. The molecule has 9 heteroatoms. The van der Waals surface area contributed by atoms with Gasteiger partial charge in [-0.2, -0.15) is 0 Å². The van der Waals surface area contributed by atoms with Gasteiger partial charge >= 0.3 is 0 Å². The highest BCUT2D eigenvalue weighted by Gasteiger charge is 2.38. The first kappa shape index (κ1) is 22.1. The van der Waals surface area contributed by atoms with E-state index >= 15 is 0 Å². The Morgan fingerprint density at radius 1 is 1.14 bits per heavy atom. The molecule has 0 aliphatic carbocycles. The fourth-order valence-corrected chi connectivity index (χ4v) is 3.29. The lowest BCUT2D eigenvalue weighted by Gasteiger charge is -2.34. The van der Waals surface area contributed by atoms with Crippen molar-refractivity contribution < 1.29 is 9.53 Å². The Labute approximate surface area is 175 Å². The minimum atomic E-state index is -0.558. The fourth-order valence-electron chi connectivity index (χ4n) is 3.29. The van der Waals surface area contributed by atoms with Gasteiger partial charge in [-0.05, 0) is 37.1 Å². The molecule has 0 radical (unpaired) electrons. The lowest BCUT2D eigenvalue weighted by atomic mass is 9.79. The summed E-state index contributed by atoms with van der Waals surface area (Å²) in [6.07, 6.45) is 4.69. The molecule has 7 nitrogen and oxygen atoms in total. The highest BCUT2D eigenvalue weighted by Crippen LogP contribution is 2.31. The van der Waals surface area contributed by atoms with Crippen molar-refractivity contribution in [1.82, 2.24) is 14.5 Å². The van der Waals surface area contributed by atoms with Crippen LogP contribution in [0.4, 0.5) is 5.69 Å². The second-order valence-electron chi connectivity index (χ2n) is 6.56. The van der Waals surface area contributed by atoms with Gasteiger partial charge in [0.25, 0.3) is 0 Å². The Kier molecular flexibility index (Phi) is 7.37. The highest BCUT2D eigenvalue weighted by atomic mass is 35.5. The number of benzene rings is 1. The number of nitrogens with two attached hydrogens (primary N) is 1. The van der Waals surface area contributed by atoms with E-state index in [1.165, 1.54) is 0 Å². The van der Waals surface area contributed by atoms with Crippen LogP contribution in [0.3, 0.4) is 0 Å². The van der Waals surface area contributed by atoms with Crippen molar-refractivity contribution >= 4 is 47.4 Å². The zero-order chi connectivity index (χ0) is 18.0. The molecular weight excluding hydrogens is 401 g/mol. The maximum atomic E-state index is 12.7. The molecule has 4 rings (SSSR count). The van der Waals surface area contributed by atoms with E-state index in [-0.39, 0.29) is 30.7 Å². The minimum absolute atomic E-state index is 0. The second-order valence-corrected chi connectivity index (χ2v) is 6.56. The number of rotatable bonds is 4. The number of ether oxygens (including phenoxy) is 1. The topological polar surface area (TPSA) is 95.1 Å². The summed E-state index contributed by atoms with van der Waals surface area (Å²) < 4.78 is 7.28. The average Bonchev–Trinajstić information content (AvgIpc) is 3.13. The molecule has 0 atom stereocenters. The van der Waals surface area contributed by atoms with Gasteiger partial charge in [0.1, 0.15) is 12.1 Å². The number of hydrogen-bond donors (Lipinski definition) is 2. The molecule has 2 aromatic heterocycles. The van der Waals surface area contributed by atoms with Gasteiger partial charge in [0.05, 0.1) is 28.3 Å². The summed E-state index contributed by atoms with van der Waals surface area (Å²) in [5.74, 6) is 0.683. The zero-order valence-electron chi connectivity index (χ0n) is 15.2. The molecule has 3 N–H and O–H groups in total. The summed E-state index contributed by atoms with van der Waals surface area (Å²) >= 11 is 0. The Balaban J connectivity index is 0.00000140. The Bertz CT molecular complexity index is 923. The van der Waals surface area contributed by atoms with E-state index < -0.39 is 5.41 Å². The van der Waals surface area contributed by atoms with Gasteiger partial charge < -0.3 is 15.8 Å². The maximum Gasteiger partial charge on any atom is 0.232 e. The van der Waals surface area contributed by atoms with Gasteiger partial charge in [0.2, 0.25) is 5.91 Å². The number of fused-ring (bicyclic) bond motifs is 1. The average molecular weight is 424 g/mol. The van der Waals surface area contributed by atoms with Gasteiger partial charge in [-0.15, -0.1) is 24.8 Å². The molecule has 1 amide bonds. The number of hydrogen-bond acceptors (Lipinski definition) is 5. The summed E-state index contributed by atoms with van der Waals surface area (Å²) in [5, 5.41) is 2.95. The highest BCUT2D eigenvalue weighted by molar-refractivity contribution is 5.95. The molecule has 3 aromatic rings. The van der Waals surface area contributed by atoms with E-state index in [1.54, 1.807) is 12.5 Å². The number of nitrogens with one attached hydrogen (secondary N) is 1. The van der Waals surface area contributed by atoms with Crippen LogP contribution >= 0.6 is 24.8 Å². The monoisotopic (exact) mass is 423 g/mol. The van der Waals surface area contributed by atoms with Gasteiger partial charge in [0.15, 0.2) is 0 Å². The van der Waals surface area contributed by atoms with Crippen LogP contribution in [0.2, 0.25) is 0 Å². The molecule has 1 saturated heterocycles. The van der Waals surface area contributed by atoms with E-state index in [4.69, 9.17) is 10.5 Å². The number of carbonyl (C=O) groups is 1. The van der Waals surface area contributed by atoms with Crippen LogP contribution < -0.4 is 11.1 Å². The molecule has 1 aliphatic heterocycles. The van der Waals surface area contributed by atoms with E-state index in [1.807, 2.05) is 41.0 Å². The summed E-state index contributed by atoms with van der Waals surface area (Å²) in [4.78, 5) is 21.6. The third kappa shape index (κ3) is 4.12. The first-order chi connectivity index (χ1) is 12.7. The Morgan fingerprint density at radius 3 is 2.57 bits per heavy atom. The van der Waals surface area contributed by atoms with Crippen molar-refractivity contribution in [3.63, 3.8) is 0 Å². The number of pyridine rings is 1. The standard InChI is InChI=1S/C19H21N5O2.2ClH/c20-12-19(7-9-26-10-8-19)18(25)23-14-5-6-17(21-11-14)24-13-22-15-3-1-2-4-16(15)24;;/h1-6,11,13H,7-10,12,20H2,(H,23,25);2*1H. The first-order valence-electron chi connectivity index (χ1n) is 8.70. The van der Waals surface area contributed by atoms with Crippen LogP contribution in [0, 0.1) is 5.41 Å². The van der Waals surface area contributed by atoms with Crippen molar-refractivity contribution in [2.75, 3.05) is 25.1 Å². The van der Waals surface area contributed by atoms with Crippen molar-refractivity contribution in [1.29, 1.82) is 0 Å². The van der Waals surface area contributed by atoms with Crippen molar-refractivity contribution in [2.24, 2.45) is 11.1 Å². The predicted octanol–water partition coefficient (Wildman–Crippen LogP) is 2.96. The number of halogens is 2. The Morgan fingerprint density at radius 2 is 1.89 bits per heavy atom. The molecule has 1 aliphatic rings. The predicted molar refractivity (Wildman–Crippen MR) is 114 cm³/mol. The third-order valence-corrected chi connectivity index (χ3v) is 5.03. The van der Waals surface area contributed by atoms with Crippen LogP contribution in [-0.4, -0.2) is 40.2 Å². The quantitative estimate of drug-likeness (QED) is 0.672. The van der Waals surface area contributed by atoms with Gasteiger partial charge in [0, 0.05) is 19.8 Å². The maximum absolute atomic E-state index is 12.7. The van der Waals surface area contributed by atoms with Crippen LogP contribution in [-0.2, 0) is 9.53 Å². The molecule has 0 bridgehead atoms. The third-order valence-electron chi connectivity index (χ3n) is 5.03. The number of imidazole rings is 1. The number of nitrogens with zero attached hydrogens (tertiary/aromatic N) is 3. The summed E-state index contributed by atoms with van der Waals surface area (Å²) in [7, 11) is 0. The number of para-hydroxylation sites is 2. The van der Waals surface area contributed by atoms with E-state index in [0.29, 0.717) is 38.3 Å². The van der Waals surface area contributed by atoms with E-state index in [0.717, 1.165) is 16.9 Å². The lowest BCUT2D eigenvalue weighted by molar-refractivity contribution is -0.130. The van der Waals surface area contributed by atoms with Crippen LogP contribution in [0.1, 0.15) is 12.8 Å². The molecule has 0 unspecified atom stereocenters. The molecule has 1 fully saturated rings. The van der Waals surface area contributed by atoms with E-state index in [9.17, 15) is 4.79 Å². The molecule has 150 valence electrons. The van der Waals surface area contributed by atoms with Crippen LogP contribution in [0.25, 0.3) is 16.9 Å². The van der Waals surface area contributed by atoms with Crippen LogP contribution in [0.5, 0.6) is 0 Å². The second kappa shape index (κ2) is 9.34. The zero-order valence-corrected chi connectivity index (χ0v) is 16.8. The van der Waals surface area contributed by atoms with Gasteiger partial charge in [-0.1, -0.05) is 12.1 Å². The summed E-state index contributed by atoms with van der Waals surface area (Å²) in [5.41, 5.74) is 7.89. The lowest BCUT2D eigenvalue weighted by Crippen LogP contribution is -2.46. The normalized spacial score (nSPS) is 15.3. The molecule has 28 heavy (non-hydrogen) atoms. The van der Waals surface area contributed by atoms with Crippen molar-refractivity contribution in [3.8, 4) is 5.82 Å². The number of amides is 1. The number of anilines is 1. The number of aromatic nitrogens is 3. The van der Waals surface area contributed by atoms with Crippen molar-refractivity contribution in [2.45, 2.75) is 12.8 Å². The molecule has 0 spiro atoms. The molecule has 1 aromatic carbocycles. The minimum Gasteiger partial charge on any atom is -0.381 e. The summed E-state index contributed by atoms with van der Waals surface area (Å²) in [6, 6.07) is 11.6. The Hall–Kier alpha value is -2.19. The van der Waals surface area contributed by atoms with E-state index in [2.05, 4.69) is 15.3 Å². The molecular formula is C19H23Cl2N5O2. The smallest absolute Gasteiger partial charge is 0.232 e. The van der Waals surface area contributed by atoms with Crippen molar-refractivity contribution in [3.05, 3.63) is 48.9 Å². The fraction of sp³-hybridized carbons (Fsp3) is 0.316. The van der Waals surface area contributed by atoms with Gasteiger partial charge in [-0.3, -0.25) is 9.36 Å². The van der Waals surface area contributed by atoms with Crippen LogP contribution in [0.15, 0.2) is 48.9 Å². The number of carbonyl (C=O) groups excluding carboxylic acids is 1. The largest absolute Gasteiger partial charge is 0.381 e. The first-order valence-corrected chi connectivity index (χ1v) is 8.70. The molecule has 3 heterocycles. The molecule has 0 saturated carbocycles. The van der Waals surface area contributed by atoms with Gasteiger partial charge in [-0.25, -0.2) is 9.97 Å². The summed E-state index contributed by atoms with van der Waals surface area (Å²) in [6.45, 7) is 1.44.